The molecule has 1 saturated heterocycles. The lowest BCUT2D eigenvalue weighted by atomic mass is 9.88. The summed E-state index contributed by atoms with van der Waals surface area (Å²) in [5.41, 5.74) is 0. The fourth-order valence-corrected chi connectivity index (χ4v) is 2.76. The molecule has 0 bridgehead atoms. The summed E-state index contributed by atoms with van der Waals surface area (Å²) in [6, 6.07) is 0. The topological polar surface area (TPSA) is 0 Å². The monoisotopic (exact) mass is 142 g/mol. The van der Waals surface area contributed by atoms with E-state index in [2.05, 4.69) is 11.8 Å². The minimum Gasteiger partial charge on any atom is -0.156 e. The Hall–Kier alpha value is 0.350. The highest BCUT2D eigenvalue weighted by Gasteiger charge is 2.32. The highest BCUT2D eigenvalue weighted by atomic mass is 32.2. The summed E-state index contributed by atoms with van der Waals surface area (Å²) < 4.78 is 0. The molecule has 2 rings (SSSR count). The molecule has 2 fully saturated rings. The van der Waals surface area contributed by atoms with Gasteiger partial charge >= 0.3 is 0 Å². The molecule has 1 heterocycles. The summed E-state index contributed by atoms with van der Waals surface area (Å²) in [5.74, 6) is 2.61. The highest BCUT2D eigenvalue weighted by molar-refractivity contribution is 8.06. The van der Waals surface area contributed by atoms with Gasteiger partial charge in [0.25, 0.3) is 0 Å². The first-order chi connectivity index (χ1) is 4.47. The summed E-state index contributed by atoms with van der Waals surface area (Å²) in [6.07, 6.45) is 7.62. The normalized spacial score (nSPS) is 36.7. The van der Waals surface area contributed by atoms with Crippen LogP contribution in [-0.4, -0.2) is 11.0 Å². The van der Waals surface area contributed by atoms with Crippen molar-refractivity contribution in [1.29, 1.82) is 0 Å². The average molecular weight is 142 g/mol. The zero-order valence-corrected chi connectivity index (χ0v) is 6.62. The number of hydrogen-bond acceptors (Lipinski definition) is 1. The summed E-state index contributed by atoms with van der Waals surface area (Å²) >= 11 is 2.17. The van der Waals surface area contributed by atoms with E-state index in [-0.39, 0.29) is 0 Å². The summed E-state index contributed by atoms with van der Waals surface area (Å²) in [6.45, 7) is 0. The first kappa shape index (κ1) is 6.09. The summed E-state index contributed by atoms with van der Waals surface area (Å²) in [5, 5.41) is 1.10. The first-order valence-electron chi connectivity index (χ1n) is 4.08. The highest BCUT2D eigenvalue weighted by Crippen LogP contribution is 2.43. The van der Waals surface area contributed by atoms with Crippen molar-refractivity contribution in [1.82, 2.24) is 0 Å². The third kappa shape index (κ3) is 1.43. The molecular weight excluding hydrogens is 128 g/mol. The maximum Gasteiger partial charge on any atom is 0.0166 e. The van der Waals surface area contributed by atoms with Gasteiger partial charge in [-0.05, 0) is 18.8 Å². The van der Waals surface area contributed by atoms with Crippen LogP contribution in [0.2, 0.25) is 0 Å². The van der Waals surface area contributed by atoms with Crippen molar-refractivity contribution in [3.8, 4) is 0 Å². The molecule has 0 spiro atoms. The molecule has 0 radical (unpaired) electrons. The van der Waals surface area contributed by atoms with E-state index >= 15 is 0 Å². The van der Waals surface area contributed by atoms with Crippen LogP contribution in [0.25, 0.3) is 0 Å². The van der Waals surface area contributed by atoms with E-state index in [9.17, 15) is 0 Å². The number of hydrogen-bond donors (Lipinski definition) is 0. The molecule has 1 aliphatic carbocycles. The van der Waals surface area contributed by atoms with Gasteiger partial charge in [0.1, 0.15) is 0 Å². The third-order valence-electron chi connectivity index (χ3n) is 2.53. The Morgan fingerprint density at radius 3 is 2.22 bits per heavy atom. The van der Waals surface area contributed by atoms with E-state index in [0.717, 1.165) is 11.2 Å². The standard InChI is InChI=1S/C8H14S/c1-2-4-7(5-3-1)8-6-9-8/h7-8H,1-6H2/t8-/m1/s1. The predicted molar refractivity (Wildman–Crippen MR) is 42.8 cm³/mol. The fourth-order valence-electron chi connectivity index (χ4n) is 1.83. The van der Waals surface area contributed by atoms with E-state index in [0.29, 0.717) is 0 Å². The Bertz CT molecular complexity index is 90.7. The van der Waals surface area contributed by atoms with Crippen molar-refractivity contribution in [2.24, 2.45) is 5.92 Å². The summed E-state index contributed by atoms with van der Waals surface area (Å²) in [7, 11) is 0. The van der Waals surface area contributed by atoms with Crippen molar-refractivity contribution >= 4 is 11.8 Å². The van der Waals surface area contributed by atoms with Crippen molar-refractivity contribution in [3.05, 3.63) is 0 Å². The van der Waals surface area contributed by atoms with Crippen LogP contribution in [0.5, 0.6) is 0 Å². The van der Waals surface area contributed by atoms with Gasteiger partial charge in [-0.25, -0.2) is 0 Å². The molecule has 0 aromatic heterocycles. The Balaban J connectivity index is 1.80. The Kier molecular flexibility index (Phi) is 1.71. The van der Waals surface area contributed by atoms with Gasteiger partial charge in [-0.15, -0.1) is 0 Å². The zero-order chi connectivity index (χ0) is 6.10. The van der Waals surface area contributed by atoms with Crippen molar-refractivity contribution < 1.29 is 0 Å². The van der Waals surface area contributed by atoms with Gasteiger partial charge < -0.3 is 0 Å². The molecule has 1 aliphatic heterocycles. The molecule has 52 valence electrons. The lowest BCUT2D eigenvalue weighted by Gasteiger charge is -2.19. The number of rotatable bonds is 1. The molecule has 0 nitrogen and oxygen atoms in total. The van der Waals surface area contributed by atoms with Crippen LogP contribution in [0.4, 0.5) is 0 Å². The second kappa shape index (κ2) is 2.53. The molecular formula is C8H14S. The van der Waals surface area contributed by atoms with Crippen LogP contribution in [0.3, 0.4) is 0 Å². The SMILES string of the molecule is C1CCC([C@H]2CS2)CC1. The Morgan fingerprint density at radius 2 is 1.67 bits per heavy atom. The number of thioether (sulfide) groups is 1. The largest absolute Gasteiger partial charge is 0.156 e. The third-order valence-corrected chi connectivity index (χ3v) is 3.64. The first-order valence-corrected chi connectivity index (χ1v) is 5.13. The van der Waals surface area contributed by atoms with Gasteiger partial charge in [0.2, 0.25) is 0 Å². The molecule has 0 amide bonds. The van der Waals surface area contributed by atoms with Gasteiger partial charge in [0, 0.05) is 11.0 Å². The van der Waals surface area contributed by atoms with E-state index in [1.54, 1.807) is 0 Å². The maximum atomic E-state index is 2.17. The molecule has 2 aliphatic rings. The Labute approximate surface area is 61.4 Å². The van der Waals surface area contributed by atoms with Gasteiger partial charge in [-0.3, -0.25) is 0 Å². The van der Waals surface area contributed by atoms with E-state index < -0.39 is 0 Å². The van der Waals surface area contributed by atoms with Gasteiger partial charge in [0.05, 0.1) is 0 Å². The van der Waals surface area contributed by atoms with Gasteiger partial charge in [-0.2, -0.15) is 11.8 Å². The maximum absolute atomic E-state index is 2.17. The van der Waals surface area contributed by atoms with Crippen molar-refractivity contribution in [3.63, 3.8) is 0 Å². The molecule has 1 saturated carbocycles. The van der Waals surface area contributed by atoms with Crippen LogP contribution in [0.1, 0.15) is 32.1 Å². The van der Waals surface area contributed by atoms with Gasteiger partial charge in [0.15, 0.2) is 0 Å². The van der Waals surface area contributed by atoms with Crippen LogP contribution in [0, 0.1) is 5.92 Å². The smallest absolute Gasteiger partial charge is 0.0166 e. The molecule has 1 heteroatoms. The quantitative estimate of drug-likeness (QED) is 0.507. The molecule has 0 aromatic rings. The average Bonchev–Trinajstić information content (AvgIpc) is 2.71. The minimum absolute atomic E-state index is 1.10. The lowest BCUT2D eigenvalue weighted by molar-refractivity contribution is 0.369. The molecule has 0 aromatic carbocycles. The fraction of sp³-hybridized carbons (Fsp3) is 1.00. The van der Waals surface area contributed by atoms with E-state index in [1.807, 2.05) is 0 Å². The van der Waals surface area contributed by atoms with Gasteiger partial charge in [-0.1, -0.05) is 19.3 Å². The molecule has 0 N–H and O–H groups in total. The zero-order valence-electron chi connectivity index (χ0n) is 5.81. The van der Waals surface area contributed by atoms with E-state index in [4.69, 9.17) is 0 Å². The predicted octanol–water partition coefficient (Wildman–Crippen LogP) is 2.68. The van der Waals surface area contributed by atoms with Crippen molar-refractivity contribution in [2.75, 3.05) is 5.75 Å². The van der Waals surface area contributed by atoms with Crippen LogP contribution in [-0.2, 0) is 0 Å². The second-order valence-electron chi connectivity index (χ2n) is 3.27. The molecule has 9 heavy (non-hydrogen) atoms. The minimum atomic E-state index is 1.10. The molecule has 1 atom stereocenters. The van der Waals surface area contributed by atoms with Crippen LogP contribution < -0.4 is 0 Å². The van der Waals surface area contributed by atoms with E-state index in [1.165, 1.54) is 37.9 Å². The second-order valence-corrected chi connectivity index (χ2v) is 4.54. The molecule has 0 unspecified atom stereocenters. The van der Waals surface area contributed by atoms with Crippen LogP contribution in [0.15, 0.2) is 0 Å². The van der Waals surface area contributed by atoms with Crippen molar-refractivity contribution in [2.45, 2.75) is 37.4 Å². The summed E-state index contributed by atoms with van der Waals surface area (Å²) in [4.78, 5) is 0. The van der Waals surface area contributed by atoms with Crippen LogP contribution >= 0.6 is 11.8 Å². The lowest BCUT2D eigenvalue weighted by Crippen LogP contribution is -2.10. The Morgan fingerprint density at radius 1 is 1.00 bits per heavy atom.